The summed E-state index contributed by atoms with van der Waals surface area (Å²) in [4.78, 5) is 9.63. The Labute approximate surface area is 432 Å². The van der Waals surface area contributed by atoms with Gasteiger partial charge >= 0.3 is 0 Å². The number of rotatable bonds is 8. The zero-order valence-electron chi connectivity index (χ0n) is 39.2. The number of hydrogen-bond acceptors (Lipinski definition) is 5. The van der Waals surface area contributed by atoms with Gasteiger partial charge in [-0.3, -0.25) is 0 Å². The van der Waals surface area contributed by atoms with E-state index in [9.17, 15) is 0 Å². The average Bonchev–Trinajstić information content (AvgIpc) is 4.08. The van der Waals surface area contributed by atoms with Crippen LogP contribution >= 0.6 is 11.3 Å². The van der Waals surface area contributed by atoms with Crippen LogP contribution in [0.25, 0.3) is 81.2 Å². The van der Waals surface area contributed by atoms with Crippen LogP contribution in [-0.4, -0.2) is 9.55 Å². The standard InChI is InChI=1S/C64H45N4OS.Pt/c1-64(2,3)47-34-35-65-59(38-47)68-57-40-49(31-32-54(57)63-62(68)60-51-25-14-13-24-45(51)30-33-58(60)70-63)69-50-37-46(42-18-7-4-8-19-42)36-48(39-50)66-41-67(56-29-16-15-28-55(56)66)61-52(43-20-9-5-10-21-43)26-17-27-53(61)44-22-11-6-12-23-44;/h4-38,41H,1-3H3;/q-3;. The number of para-hydroxylation sites is 3. The van der Waals surface area contributed by atoms with Crippen LogP contribution in [0.2, 0.25) is 0 Å². The van der Waals surface area contributed by atoms with Gasteiger partial charge in [0.05, 0.1) is 5.52 Å². The third kappa shape index (κ3) is 7.79. The maximum Gasteiger partial charge on any atom is 0.135 e. The van der Waals surface area contributed by atoms with Gasteiger partial charge in [0, 0.05) is 81.7 Å². The van der Waals surface area contributed by atoms with Gasteiger partial charge in [-0.1, -0.05) is 183 Å². The molecule has 4 heterocycles. The Hall–Kier alpha value is -7.76. The Morgan fingerprint density at radius 1 is 0.549 bits per heavy atom. The van der Waals surface area contributed by atoms with Crippen molar-refractivity contribution in [3.8, 4) is 50.7 Å². The largest absolute Gasteiger partial charge is 0.509 e. The van der Waals surface area contributed by atoms with Crippen molar-refractivity contribution in [3.05, 3.63) is 237 Å². The summed E-state index contributed by atoms with van der Waals surface area (Å²) in [5.41, 5.74) is 13.9. The van der Waals surface area contributed by atoms with Crippen molar-refractivity contribution >= 4 is 76.1 Å². The molecule has 0 spiro atoms. The Morgan fingerprint density at radius 3 is 1.90 bits per heavy atom. The number of thiophene rings is 1. The van der Waals surface area contributed by atoms with E-state index in [1.807, 2.05) is 23.6 Å². The van der Waals surface area contributed by atoms with Crippen molar-refractivity contribution in [2.75, 3.05) is 9.80 Å². The minimum Gasteiger partial charge on any atom is -0.509 e. The van der Waals surface area contributed by atoms with E-state index in [1.54, 1.807) is 0 Å². The van der Waals surface area contributed by atoms with Gasteiger partial charge in [0.2, 0.25) is 0 Å². The molecule has 0 unspecified atom stereocenters. The van der Waals surface area contributed by atoms with E-state index in [2.05, 4.69) is 254 Å². The first-order valence-electron chi connectivity index (χ1n) is 23.7. The average molecular weight is 1110 g/mol. The molecule has 0 bridgehead atoms. The van der Waals surface area contributed by atoms with Gasteiger partial charge in [0.15, 0.2) is 0 Å². The fourth-order valence-corrected chi connectivity index (χ4v) is 11.3. The Bertz CT molecular complexity index is 3900. The molecular formula is C64H45N4OPtS-3. The molecule has 0 atom stereocenters. The molecule has 1 aliphatic rings. The van der Waals surface area contributed by atoms with Gasteiger partial charge in [-0.15, -0.1) is 59.6 Å². The van der Waals surface area contributed by atoms with Crippen molar-refractivity contribution in [3.63, 3.8) is 0 Å². The van der Waals surface area contributed by atoms with Crippen LogP contribution in [0, 0.1) is 18.8 Å². The van der Waals surface area contributed by atoms with Gasteiger partial charge in [0.25, 0.3) is 0 Å². The van der Waals surface area contributed by atoms with Gasteiger partial charge in [-0.25, -0.2) is 4.98 Å². The van der Waals surface area contributed by atoms with E-state index in [-0.39, 0.29) is 26.5 Å². The molecule has 3 aromatic heterocycles. The van der Waals surface area contributed by atoms with Crippen LogP contribution in [0.4, 0.5) is 22.7 Å². The predicted molar refractivity (Wildman–Crippen MR) is 292 cm³/mol. The third-order valence-corrected chi connectivity index (χ3v) is 14.7. The summed E-state index contributed by atoms with van der Waals surface area (Å²) in [5.74, 6) is 2.02. The maximum atomic E-state index is 7.01. The SMILES string of the molecule is CC(C)(C)c1ccnc(-n2c3[c-]c(Oc4[c-]c(N5[CH-]N(c6c(-c7ccccc7)cccc6-c6ccccc6)c6ccccc65)cc(-c5ccccc5)c4)ccc3c3sc4ccc5ccccc5c4c32)c1.[Pt]. The van der Waals surface area contributed by atoms with Crippen LogP contribution in [0.3, 0.4) is 0 Å². The van der Waals surface area contributed by atoms with E-state index in [4.69, 9.17) is 9.72 Å². The van der Waals surface area contributed by atoms with Gasteiger partial charge in [0.1, 0.15) is 5.82 Å². The molecule has 9 aromatic carbocycles. The number of ether oxygens (including phenoxy) is 1. The second-order valence-corrected chi connectivity index (χ2v) is 19.9. The number of anilines is 4. The van der Waals surface area contributed by atoms with Gasteiger partial charge in [-0.05, 0) is 68.8 Å². The Morgan fingerprint density at radius 2 is 1.20 bits per heavy atom. The molecule has 0 N–H and O–H groups in total. The van der Waals surface area contributed by atoms with Gasteiger partial charge in [-0.2, -0.15) is 6.07 Å². The molecule has 71 heavy (non-hydrogen) atoms. The minimum absolute atomic E-state index is 0. The van der Waals surface area contributed by atoms with Crippen LogP contribution in [0.5, 0.6) is 11.5 Å². The molecule has 13 rings (SSSR count). The number of hydrogen-bond donors (Lipinski definition) is 0. The molecule has 12 aromatic rings. The molecule has 0 saturated carbocycles. The smallest absolute Gasteiger partial charge is 0.135 e. The molecule has 0 fully saturated rings. The van der Waals surface area contributed by atoms with E-state index in [0.29, 0.717) is 11.5 Å². The summed E-state index contributed by atoms with van der Waals surface area (Å²) >= 11 is 1.82. The Balaban J connectivity index is 0.00000517. The van der Waals surface area contributed by atoms with Crippen molar-refractivity contribution < 1.29 is 25.8 Å². The first kappa shape index (κ1) is 44.4. The summed E-state index contributed by atoms with van der Waals surface area (Å²) in [6.07, 6.45) is 1.93. The van der Waals surface area contributed by atoms with E-state index in [0.717, 1.165) is 78.4 Å². The van der Waals surface area contributed by atoms with Crippen LogP contribution in [0.1, 0.15) is 26.3 Å². The third-order valence-electron chi connectivity index (χ3n) is 13.5. The molecule has 0 aliphatic carbocycles. The van der Waals surface area contributed by atoms with Crippen molar-refractivity contribution in [1.82, 2.24) is 9.55 Å². The maximum absolute atomic E-state index is 7.01. The second kappa shape index (κ2) is 17.9. The number of nitrogens with zero attached hydrogens (tertiary/aromatic N) is 4. The molecule has 0 saturated heterocycles. The fraction of sp³-hybridized carbons (Fsp3) is 0.0625. The summed E-state index contributed by atoms with van der Waals surface area (Å²) < 4.78 is 11.7. The summed E-state index contributed by atoms with van der Waals surface area (Å²) in [5, 5.41) is 4.75. The summed E-state index contributed by atoms with van der Waals surface area (Å²) in [6, 6.07) is 80.5. The van der Waals surface area contributed by atoms with Crippen LogP contribution in [-0.2, 0) is 26.5 Å². The van der Waals surface area contributed by atoms with Gasteiger partial charge < -0.3 is 19.1 Å². The quantitative estimate of drug-likeness (QED) is 0.142. The van der Waals surface area contributed by atoms with E-state index >= 15 is 0 Å². The summed E-state index contributed by atoms with van der Waals surface area (Å²) in [6.45, 7) is 8.94. The van der Waals surface area contributed by atoms with E-state index in [1.165, 1.54) is 31.1 Å². The minimum atomic E-state index is -0.0712. The molecule has 0 amide bonds. The zero-order valence-corrected chi connectivity index (χ0v) is 42.3. The topological polar surface area (TPSA) is 33.5 Å². The monoisotopic (exact) mass is 1110 g/mol. The number of fused-ring (bicyclic) bond motifs is 8. The molecule has 0 radical (unpaired) electrons. The van der Waals surface area contributed by atoms with Crippen LogP contribution < -0.4 is 14.5 Å². The fourth-order valence-electron chi connectivity index (χ4n) is 10.1. The normalized spacial score (nSPS) is 12.5. The van der Waals surface area contributed by atoms with Crippen molar-refractivity contribution in [2.45, 2.75) is 26.2 Å². The predicted octanol–water partition coefficient (Wildman–Crippen LogP) is 17.6. The number of pyridine rings is 1. The molecule has 346 valence electrons. The summed E-state index contributed by atoms with van der Waals surface area (Å²) in [7, 11) is 0. The second-order valence-electron chi connectivity index (χ2n) is 18.9. The van der Waals surface area contributed by atoms with E-state index < -0.39 is 0 Å². The first-order valence-corrected chi connectivity index (χ1v) is 24.5. The molecule has 7 heteroatoms. The first-order chi connectivity index (χ1) is 34.3. The van der Waals surface area contributed by atoms with Crippen LogP contribution in [0.15, 0.2) is 212 Å². The number of aromatic nitrogens is 2. The number of benzene rings is 9. The molecular weight excluding hydrogens is 1070 g/mol. The van der Waals surface area contributed by atoms with Crippen molar-refractivity contribution in [1.29, 1.82) is 0 Å². The molecule has 5 nitrogen and oxygen atoms in total. The Kier molecular flexibility index (Phi) is 11.2. The van der Waals surface area contributed by atoms with Crippen molar-refractivity contribution in [2.24, 2.45) is 0 Å². The zero-order chi connectivity index (χ0) is 46.9. The molecule has 1 aliphatic heterocycles.